The Balaban J connectivity index is 2.06. The Morgan fingerprint density at radius 2 is 1.86 bits per heavy atom. The molecular weight excluding hydrogens is 330 g/mol. The summed E-state index contributed by atoms with van der Waals surface area (Å²) in [5.41, 5.74) is 1.57. The van der Waals surface area contributed by atoms with E-state index in [4.69, 9.17) is 23.2 Å². The normalized spacial score (nSPS) is 16.1. The number of hydrogen-bond donors (Lipinski definition) is 0. The Bertz CT molecular complexity index is 751. The maximum atomic E-state index is 13.3. The molecule has 0 saturated heterocycles. The van der Waals surface area contributed by atoms with Gasteiger partial charge in [-0.25, -0.2) is 4.39 Å². The number of hydrogen-bond acceptors (Lipinski definition) is 2. The van der Waals surface area contributed by atoms with Gasteiger partial charge in [-0.05, 0) is 36.4 Å². The molecule has 0 spiro atoms. The lowest BCUT2D eigenvalue weighted by Gasteiger charge is -2.17. The third kappa shape index (κ3) is 2.86. The van der Waals surface area contributed by atoms with Gasteiger partial charge in [-0.3, -0.25) is 4.79 Å². The van der Waals surface area contributed by atoms with E-state index in [9.17, 15) is 9.18 Å². The summed E-state index contributed by atoms with van der Waals surface area (Å²) in [4.78, 5) is 13.3. The van der Waals surface area contributed by atoms with E-state index in [0.717, 1.165) is 4.90 Å². The third-order valence-electron chi connectivity index (χ3n) is 3.18. The molecule has 0 aromatic heterocycles. The first kappa shape index (κ1) is 14.6. The lowest BCUT2D eigenvalue weighted by molar-refractivity contribution is 0.103. The highest BCUT2D eigenvalue weighted by atomic mass is 35.5. The molecule has 0 unspecified atom stereocenters. The van der Waals surface area contributed by atoms with Gasteiger partial charge in [-0.2, -0.15) is 0 Å². The van der Waals surface area contributed by atoms with Crippen LogP contribution in [-0.2, 0) is 0 Å². The van der Waals surface area contributed by atoms with Gasteiger partial charge in [0.25, 0.3) is 0 Å². The Morgan fingerprint density at radius 1 is 1.14 bits per heavy atom. The van der Waals surface area contributed by atoms with Gasteiger partial charge >= 0.3 is 0 Å². The predicted molar refractivity (Wildman–Crippen MR) is 85.9 cm³/mol. The first-order chi connectivity index (χ1) is 10.1. The van der Waals surface area contributed by atoms with Crippen molar-refractivity contribution in [2.45, 2.75) is 4.90 Å². The van der Waals surface area contributed by atoms with Crippen LogP contribution in [-0.4, -0.2) is 11.5 Å². The van der Waals surface area contributed by atoms with Crippen molar-refractivity contribution in [3.05, 3.63) is 69.0 Å². The smallest absolute Gasteiger partial charge is 0.191 e. The number of carbonyl (C=O) groups is 1. The van der Waals surface area contributed by atoms with Crippen LogP contribution in [0.25, 0.3) is 6.08 Å². The zero-order valence-corrected chi connectivity index (χ0v) is 13.0. The molecule has 0 atom stereocenters. The van der Waals surface area contributed by atoms with Crippen LogP contribution in [0.5, 0.6) is 0 Å². The molecule has 21 heavy (non-hydrogen) atoms. The molecule has 5 heteroatoms. The second-order valence-electron chi connectivity index (χ2n) is 4.56. The molecule has 1 nitrogen and oxygen atoms in total. The SMILES string of the molecule is O=C1/C(=C/c2c(Cl)cccc2Cl)CSc2ccc(F)cc21. The van der Waals surface area contributed by atoms with Gasteiger partial charge in [0.05, 0.1) is 0 Å². The maximum absolute atomic E-state index is 13.3. The van der Waals surface area contributed by atoms with Crippen LogP contribution in [0.2, 0.25) is 10.0 Å². The van der Waals surface area contributed by atoms with E-state index >= 15 is 0 Å². The second-order valence-corrected chi connectivity index (χ2v) is 6.39. The summed E-state index contributed by atoms with van der Waals surface area (Å²) >= 11 is 13.7. The van der Waals surface area contributed by atoms with Gasteiger partial charge in [0, 0.05) is 37.4 Å². The van der Waals surface area contributed by atoms with Gasteiger partial charge in [-0.15, -0.1) is 11.8 Å². The average molecular weight is 339 g/mol. The largest absolute Gasteiger partial charge is 0.289 e. The van der Waals surface area contributed by atoms with Gasteiger partial charge in [0.1, 0.15) is 5.82 Å². The standard InChI is InChI=1S/C16H9Cl2FOS/c17-13-2-1-3-14(18)11(13)6-9-8-21-15-5-4-10(19)7-12(15)16(9)20/h1-7H,8H2/b9-6+. The monoisotopic (exact) mass is 338 g/mol. The zero-order chi connectivity index (χ0) is 15.0. The number of thioether (sulfide) groups is 1. The van der Waals surface area contributed by atoms with Gasteiger partial charge in [0.15, 0.2) is 5.78 Å². The van der Waals surface area contributed by atoms with Crippen LogP contribution in [0.4, 0.5) is 4.39 Å². The molecule has 2 aromatic rings. The lowest BCUT2D eigenvalue weighted by atomic mass is 10.0. The van der Waals surface area contributed by atoms with Crippen LogP contribution in [0, 0.1) is 5.82 Å². The van der Waals surface area contributed by atoms with Crippen molar-refractivity contribution < 1.29 is 9.18 Å². The second kappa shape index (κ2) is 5.84. The van der Waals surface area contributed by atoms with Crippen molar-refractivity contribution >= 4 is 46.8 Å². The molecule has 0 saturated carbocycles. The van der Waals surface area contributed by atoms with Crippen molar-refractivity contribution in [1.82, 2.24) is 0 Å². The van der Waals surface area contributed by atoms with Crippen LogP contribution >= 0.6 is 35.0 Å². The van der Waals surface area contributed by atoms with E-state index in [1.165, 1.54) is 23.9 Å². The van der Waals surface area contributed by atoms with Gasteiger partial charge in [0.2, 0.25) is 0 Å². The molecule has 1 aliphatic rings. The number of benzene rings is 2. The minimum absolute atomic E-state index is 0.181. The quantitative estimate of drug-likeness (QED) is 0.638. The molecule has 0 bridgehead atoms. The van der Waals surface area contributed by atoms with E-state index in [1.807, 2.05) is 0 Å². The van der Waals surface area contributed by atoms with E-state index in [-0.39, 0.29) is 5.78 Å². The Kier molecular flexibility index (Phi) is 4.07. The minimum Gasteiger partial charge on any atom is -0.289 e. The summed E-state index contributed by atoms with van der Waals surface area (Å²) in [7, 11) is 0. The van der Waals surface area contributed by atoms with Crippen LogP contribution in [0.3, 0.4) is 0 Å². The summed E-state index contributed by atoms with van der Waals surface area (Å²) in [6.45, 7) is 0. The third-order valence-corrected chi connectivity index (χ3v) is 4.96. The molecule has 3 rings (SSSR count). The summed E-state index contributed by atoms with van der Waals surface area (Å²) in [6.07, 6.45) is 1.69. The molecule has 1 aliphatic heterocycles. The van der Waals surface area contributed by atoms with Crippen molar-refractivity contribution in [3.8, 4) is 0 Å². The maximum Gasteiger partial charge on any atom is 0.191 e. The summed E-state index contributed by atoms with van der Waals surface area (Å²) in [5.74, 6) is -0.0853. The lowest BCUT2D eigenvalue weighted by Crippen LogP contribution is -2.12. The van der Waals surface area contributed by atoms with Gasteiger partial charge < -0.3 is 0 Å². The highest BCUT2D eigenvalue weighted by molar-refractivity contribution is 7.99. The highest BCUT2D eigenvalue weighted by Gasteiger charge is 2.23. The van der Waals surface area contributed by atoms with Gasteiger partial charge in [-0.1, -0.05) is 29.3 Å². The van der Waals surface area contributed by atoms with E-state index in [0.29, 0.717) is 32.5 Å². The number of rotatable bonds is 1. The topological polar surface area (TPSA) is 17.1 Å². The van der Waals surface area contributed by atoms with Crippen LogP contribution < -0.4 is 0 Å². The minimum atomic E-state index is -0.417. The Labute approximate surface area is 135 Å². The number of halogens is 3. The van der Waals surface area contributed by atoms with Crippen molar-refractivity contribution in [2.75, 3.05) is 5.75 Å². The number of ketones is 1. The molecule has 0 radical (unpaired) electrons. The molecule has 106 valence electrons. The number of carbonyl (C=O) groups excluding carboxylic acids is 1. The molecule has 0 N–H and O–H groups in total. The predicted octanol–water partition coefficient (Wildman–Crippen LogP) is 5.50. The fraction of sp³-hybridized carbons (Fsp3) is 0.0625. The number of fused-ring (bicyclic) bond motifs is 1. The summed E-state index contributed by atoms with van der Waals surface area (Å²) in [5, 5.41) is 0.968. The van der Waals surface area contributed by atoms with Crippen molar-refractivity contribution in [3.63, 3.8) is 0 Å². The molecular formula is C16H9Cl2FOS. The average Bonchev–Trinajstić information content (AvgIpc) is 2.46. The van der Waals surface area contributed by atoms with E-state index in [1.54, 1.807) is 30.3 Å². The summed E-state index contributed by atoms with van der Waals surface area (Å²) in [6, 6.07) is 9.44. The highest BCUT2D eigenvalue weighted by Crippen LogP contribution is 2.35. The fourth-order valence-corrected chi connectivity index (χ4v) is 3.63. The summed E-state index contributed by atoms with van der Waals surface area (Å²) < 4.78 is 13.3. The molecule has 1 heterocycles. The molecule has 0 fully saturated rings. The van der Waals surface area contributed by atoms with E-state index in [2.05, 4.69) is 0 Å². The van der Waals surface area contributed by atoms with Crippen molar-refractivity contribution in [1.29, 1.82) is 0 Å². The van der Waals surface area contributed by atoms with Crippen LogP contribution in [0.1, 0.15) is 15.9 Å². The zero-order valence-electron chi connectivity index (χ0n) is 10.7. The van der Waals surface area contributed by atoms with E-state index < -0.39 is 5.82 Å². The molecule has 2 aromatic carbocycles. The molecule has 0 amide bonds. The first-order valence-electron chi connectivity index (χ1n) is 6.18. The van der Waals surface area contributed by atoms with Crippen molar-refractivity contribution in [2.24, 2.45) is 0 Å². The Hall–Kier alpha value is -1.29. The Morgan fingerprint density at radius 3 is 2.57 bits per heavy atom. The van der Waals surface area contributed by atoms with Crippen LogP contribution in [0.15, 0.2) is 46.9 Å². The fourth-order valence-electron chi connectivity index (χ4n) is 2.13. The molecule has 0 aliphatic carbocycles. The first-order valence-corrected chi connectivity index (χ1v) is 7.92. The number of Topliss-reactive ketones (excluding diaryl/α,β-unsaturated/α-hetero) is 1.